The van der Waals surface area contributed by atoms with Crippen molar-refractivity contribution in [2.45, 2.75) is 286 Å². The van der Waals surface area contributed by atoms with E-state index >= 15 is 9.59 Å². The summed E-state index contributed by atoms with van der Waals surface area (Å²) in [6.07, 6.45) is 14.7. The van der Waals surface area contributed by atoms with E-state index in [4.69, 9.17) is 11.5 Å². The number of nitrogens with one attached hydrogen (secondary N) is 10. The summed E-state index contributed by atoms with van der Waals surface area (Å²) in [5.74, 6) is -11.8. The van der Waals surface area contributed by atoms with Crippen molar-refractivity contribution in [2.24, 2.45) is 47.0 Å². The first kappa shape index (κ1) is 74.5. The van der Waals surface area contributed by atoms with E-state index in [1.165, 1.54) is 4.90 Å². The van der Waals surface area contributed by atoms with E-state index < -0.39 is 156 Å². The molecule has 526 valence electrons. The van der Waals surface area contributed by atoms with Gasteiger partial charge in [-0.25, -0.2) is 0 Å². The van der Waals surface area contributed by atoms with Gasteiger partial charge in [-0.2, -0.15) is 0 Å². The largest absolute Gasteiger partial charge is 0.481 e. The number of aliphatic hydroxyl groups excluding tert-OH is 1. The van der Waals surface area contributed by atoms with Crippen LogP contribution in [0.15, 0.2) is 11.8 Å². The van der Waals surface area contributed by atoms with Crippen LogP contribution in [0.4, 0.5) is 0 Å². The molecular weight excluding hydrogens is 1210 g/mol. The number of aliphatic carboxylic acids is 1. The molecule has 4 saturated carbocycles. The summed E-state index contributed by atoms with van der Waals surface area (Å²) in [5, 5.41) is 49.0. The Bertz CT molecular complexity index is 2690. The number of carbonyl (C=O) groups is 12. The van der Waals surface area contributed by atoms with Crippen LogP contribution >= 0.6 is 0 Å². The molecule has 94 heavy (non-hydrogen) atoms. The SMILES string of the molecule is CC(C)C[C@@H]1NC(=O)[C@H](CCCN)NC(=O)[C@H](C(C)C)NC(=O)[C@H](CC2=CNC3CCCCC23)NC(=O)[C@@H](CC(=O)O)NC(=O)[C@H](CC(N)=O)NC(=O)[C@@H](CC2CCCCC2)NC(=O)[C@H](CC2CCCCC2)NC(=O)[C@@H]2CCCN2C(=O)[C@@H](CC2CCC(O)CC2)NC1=O. The lowest BCUT2D eigenvalue weighted by Gasteiger charge is -2.34. The molecule has 0 radical (unpaired) electrons. The predicted octanol–water partition coefficient (Wildman–Crippen LogP) is 1.46. The minimum absolute atomic E-state index is 0.00178. The van der Waals surface area contributed by atoms with Gasteiger partial charge in [0.15, 0.2) is 0 Å². The van der Waals surface area contributed by atoms with Gasteiger partial charge in [0.1, 0.15) is 60.4 Å². The standard InChI is InChI=1S/C67H109N13O14/c1-37(2)29-47-59(86)78-53(32-41-23-25-43(81)26-24-41)67(94)80-28-14-22-54(80)65(92)77-49(31-40-17-9-6-10-18-40)61(88)73-48(30-39-15-7-5-8-16-39)60(87)75-51(34-55(69)82)62(89)76-52(35-56(83)84)63(90)74-50(33-42-36-70-45-20-12-11-19-44(42)45)64(91)79-57(38(3)4)66(93)71-46(21-13-27-68)58(85)72-47/h36-41,43-54,57,70,81H,5-35,68H2,1-4H3,(H2,69,82)(H,71,93)(H,72,85)(H,73,88)(H,74,90)(H,75,87)(H,76,89)(H,77,92)(H,78,86)(H,79,91)(H,83,84)/t41?,43?,44?,45?,46-,47-,48+,49-,50-,51-,52+,53+,54-,57-/m0/s1. The van der Waals surface area contributed by atoms with Gasteiger partial charge in [0.2, 0.25) is 65.0 Å². The van der Waals surface area contributed by atoms with E-state index in [0.717, 1.165) is 95.5 Å². The number of hydrogen-bond donors (Lipinski definition) is 14. The van der Waals surface area contributed by atoms with Crippen LogP contribution in [-0.4, -0.2) is 172 Å². The van der Waals surface area contributed by atoms with Crippen molar-refractivity contribution in [2.75, 3.05) is 13.1 Å². The topological polar surface area (TPSA) is 421 Å². The fourth-order valence-electron chi connectivity index (χ4n) is 15.2. The molecule has 4 aliphatic carbocycles. The number of fused-ring (bicyclic) bond motifs is 2. The summed E-state index contributed by atoms with van der Waals surface area (Å²) < 4.78 is 0. The van der Waals surface area contributed by atoms with E-state index in [2.05, 4.69) is 53.2 Å². The maximum Gasteiger partial charge on any atom is 0.305 e. The van der Waals surface area contributed by atoms with Gasteiger partial charge in [-0.1, -0.05) is 105 Å². The molecule has 0 bridgehead atoms. The number of carboxylic acids is 1. The van der Waals surface area contributed by atoms with Crippen LogP contribution in [-0.2, 0) is 57.5 Å². The number of nitrogens with zero attached hydrogens (tertiary/aromatic N) is 1. The summed E-state index contributed by atoms with van der Waals surface area (Å²) in [7, 11) is 0. The second-order valence-electron chi connectivity index (χ2n) is 28.7. The van der Waals surface area contributed by atoms with Crippen LogP contribution in [0.5, 0.6) is 0 Å². The van der Waals surface area contributed by atoms with Gasteiger partial charge in [0.25, 0.3) is 0 Å². The fraction of sp³-hybridized carbons (Fsp3) is 0.791. The van der Waals surface area contributed by atoms with Crippen LogP contribution in [0.3, 0.4) is 0 Å². The predicted molar refractivity (Wildman–Crippen MR) is 347 cm³/mol. The van der Waals surface area contributed by atoms with Crippen molar-refractivity contribution in [3.8, 4) is 0 Å². The molecule has 0 spiro atoms. The lowest BCUT2D eigenvalue weighted by molar-refractivity contribution is -0.143. The maximum atomic E-state index is 15.3. The van der Waals surface area contributed by atoms with Gasteiger partial charge >= 0.3 is 5.97 Å². The molecule has 3 heterocycles. The average Bonchev–Trinajstić information content (AvgIpc) is 1.60. The van der Waals surface area contributed by atoms with E-state index in [0.29, 0.717) is 32.1 Å². The first-order valence-corrected chi connectivity index (χ1v) is 35.2. The number of nitrogens with two attached hydrogens (primary N) is 2. The van der Waals surface area contributed by atoms with Crippen LogP contribution in [0, 0.1) is 35.5 Å². The van der Waals surface area contributed by atoms with Crippen molar-refractivity contribution >= 4 is 70.9 Å². The van der Waals surface area contributed by atoms with Crippen LogP contribution in [0.1, 0.15) is 214 Å². The number of primary amides is 1. The Hall–Kier alpha value is -6.90. The number of carboxylic acid groups (broad SMARTS) is 1. The van der Waals surface area contributed by atoms with Crippen molar-refractivity contribution in [1.29, 1.82) is 0 Å². The molecule has 2 saturated heterocycles. The van der Waals surface area contributed by atoms with E-state index in [1.54, 1.807) is 20.0 Å². The second kappa shape index (κ2) is 36.3. The molecule has 2 unspecified atom stereocenters. The second-order valence-corrected chi connectivity index (χ2v) is 28.7. The molecule has 7 rings (SSSR count). The highest BCUT2D eigenvalue weighted by Gasteiger charge is 2.44. The summed E-state index contributed by atoms with van der Waals surface area (Å²) >= 11 is 0. The molecule has 16 N–H and O–H groups in total. The molecule has 7 aliphatic rings. The average molecular weight is 1320 g/mol. The van der Waals surface area contributed by atoms with Gasteiger partial charge < -0.3 is 79.7 Å². The molecular formula is C67H109N13O14. The zero-order valence-corrected chi connectivity index (χ0v) is 55.8. The van der Waals surface area contributed by atoms with Crippen LogP contribution in [0.25, 0.3) is 0 Å². The van der Waals surface area contributed by atoms with E-state index in [9.17, 15) is 58.2 Å². The molecule has 0 aromatic heterocycles. The highest BCUT2D eigenvalue weighted by Crippen LogP contribution is 2.37. The molecule has 0 aromatic carbocycles. The van der Waals surface area contributed by atoms with Crippen molar-refractivity contribution in [3.05, 3.63) is 11.8 Å². The lowest BCUT2D eigenvalue weighted by atomic mass is 9.80. The third-order valence-corrected chi connectivity index (χ3v) is 20.5. The minimum atomic E-state index is -1.93. The zero-order chi connectivity index (χ0) is 68.2. The Morgan fingerprint density at radius 3 is 1.55 bits per heavy atom. The summed E-state index contributed by atoms with van der Waals surface area (Å²) in [4.78, 5) is 175. The van der Waals surface area contributed by atoms with E-state index in [1.807, 2.05) is 13.8 Å². The third-order valence-electron chi connectivity index (χ3n) is 20.5. The van der Waals surface area contributed by atoms with Crippen LogP contribution < -0.4 is 64.6 Å². The van der Waals surface area contributed by atoms with Crippen molar-refractivity contribution in [1.82, 2.24) is 58.1 Å². The molecule has 12 atom stereocenters. The van der Waals surface area contributed by atoms with Gasteiger partial charge in [-0.15, -0.1) is 0 Å². The van der Waals surface area contributed by atoms with Crippen molar-refractivity contribution < 1.29 is 67.7 Å². The summed E-state index contributed by atoms with van der Waals surface area (Å²) in [6.45, 7) is 7.28. The third kappa shape index (κ3) is 22.1. The van der Waals surface area contributed by atoms with Gasteiger partial charge in [-0.05, 0) is 144 Å². The maximum absolute atomic E-state index is 15.3. The Morgan fingerprint density at radius 1 is 0.511 bits per heavy atom. The highest BCUT2D eigenvalue weighted by atomic mass is 16.4. The fourth-order valence-corrected chi connectivity index (χ4v) is 15.2. The lowest BCUT2D eigenvalue weighted by Crippen LogP contribution is -2.62. The number of amides is 11. The molecule has 3 aliphatic heterocycles. The van der Waals surface area contributed by atoms with Gasteiger partial charge in [0.05, 0.1) is 18.9 Å². The first-order valence-electron chi connectivity index (χ1n) is 35.2. The highest BCUT2D eigenvalue weighted by molar-refractivity contribution is 6.01. The van der Waals surface area contributed by atoms with Gasteiger partial charge in [-0.3, -0.25) is 57.5 Å². The number of carbonyl (C=O) groups excluding carboxylic acids is 11. The Balaban J connectivity index is 1.29. The summed E-state index contributed by atoms with van der Waals surface area (Å²) in [5.41, 5.74) is 12.4. The molecule has 6 fully saturated rings. The monoisotopic (exact) mass is 1320 g/mol. The smallest absolute Gasteiger partial charge is 0.305 e. The zero-order valence-electron chi connectivity index (χ0n) is 55.8. The molecule has 0 aromatic rings. The van der Waals surface area contributed by atoms with E-state index in [-0.39, 0.29) is 100 Å². The van der Waals surface area contributed by atoms with Gasteiger partial charge in [0, 0.05) is 18.5 Å². The number of aliphatic hydroxyl groups is 1. The first-order chi connectivity index (χ1) is 44.9. The Kier molecular flexibility index (Phi) is 28.8. The molecule has 27 heteroatoms. The summed E-state index contributed by atoms with van der Waals surface area (Å²) in [6, 6.07) is -13.9. The minimum Gasteiger partial charge on any atom is -0.481 e. The van der Waals surface area contributed by atoms with Crippen molar-refractivity contribution in [3.63, 3.8) is 0 Å². The molecule has 27 nitrogen and oxygen atoms in total. The quantitative estimate of drug-likeness (QED) is 0.0924. The number of hydrogen-bond acceptors (Lipinski definition) is 15. The normalized spacial score (nSPS) is 31.8. The number of rotatable bonds is 18. The Morgan fingerprint density at radius 2 is 0.979 bits per heavy atom. The van der Waals surface area contributed by atoms with Crippen LogP contribution in [0.2, 0.25) is 0 Å². The Labute approximate surface area is 553 Å². The molecule has 11 amide bonds.